The molecule has 1 saturated carbocycles. The van der Waals surface area contributed by atoms with E-state index < -0.39 is 11.9 Å². The number of likely N-dealkylation sites (N-methyl/N-ethyl adjacent to an activating group) is 1. The van der Waals surface area contributed by atoms with Crippen LogP contribution in [0.25, 0.3) is 5.65 Å². The lowest BCUT2D eigenvalue weighted by atomic mass is 10.0. The second kappa shape index (κ2) is 8.22. The third-order valence-corrected chi connectivity index (χ3v) is 6.57. The second-order valence-electron chi connectivity index (χ2n) is 8.76. The molecule has 0 bridgehead atoms. The molecule has 0 spiro atoms. The molecule has 3 heterocycles. The molecule has 0 unspecified atom stereocenters. The molecule has 2 aliphatic rings. The van der Waals surface area contributed by atoms with E-state index in [1.807, 2.05) is 0 Å². The van der Waals surface area contributed by atoms with E-state index in [0.29, 0.717) is 35.6 Å². The first-order valence-corrected chi connectivity index (χ1v) is 11.3. The lowest BCUT2D eigenvalue weighted by molar-refractivity contribution is -0.134. The maximum Gasteiger partial charge on any atom is 0.258 e. The fourth-order valence-corrected chi connectivity index (χ4v) is 4.65. The standard InChI is InChI=1S/C23H24ClN5O4/c1-27(11-14-9-26-29-12-15(24)10-25-21(14)29)23(33)18-3-2-6-28(18)22(32)17-7-16(13-4-5-13)19(30)8-20(17)31/h7-10,12-13,18,30-31H,2-6,11H2,1H3/t18-/m0/s1. The van der Waals surface area contributed by atoms with Crippen LogP contribution in [0.4, 0.5) is 0 Å². The molecule has 1 atom stereocenters. The summed E-state index contributed by atoms with van der Waals surface area (Å²) in [5, 5.41) is 25.2. The highest BCUT2D eigenvalue weighted by atomic mass is 35.5. The number of hydrogen-bond acceptors (Lipinski definition) is 6. The van der Waals surface area contributed by atoms with Crippen molar-refractivity contribution in [2.45, 2.75) is 44.2 Å². The van der Waals surface area contributed by atoms with Gasteiger partial charge in [-0.05, 0) is 43.2 Å². The van der Waals surface area contributed by atoms with Crippen molar-refractivity contribution in [2.75, 3.05) is 13.6 Å². The molecule has 1 aliphatic carbocycles. The van der Waals surface area contributed by atoms with Crippen LogP contribution in [0.3, 0.4) is 0 Å². The van der Waals surface area contributed by atoms with Gasteiger partial charge in [-0.3, -0.25) is 9.59 Å². The number of phenols is 2. The van der Waals surface area contributed by atoms with Crippen molar-refractivity contribution in [2.24, 2.45) is 0 Å². The molecule has 1 aliphatic heterocycles. The monoisotopic (exact) mass is 469 g/mol. The highest BCUT2D eigenvalue weighted by molar-refractivity contribution is 6.30. The quantitative estimate of drug-likeness (QED) is 0.594. The number of carbonyl (C=O) groups is 2. The Hall–Kier alpha value is -3.33. The third-order valence-electron chi connectivity index (χ3n) is 6.37. The number of carbonyl (C=O) groups excluding carboxylic acids is 2. The van der Waals surface area contributed by atoms with Crippen LogP contribution < -0.4 is 0 Å². The molecule has 10 heteroatoms. The van der Waals surface area contributed by atoms with E-state index in [9.17, 15) is 19.8 Å². The number of amides is 2. The third kappa shape index (κ3) is 3.97. The number of benzene rings is 1. The topological polar surface area (TPSA) is 111 Å². The molecular formula is C23H24ClN5O4. The van der Waals surface area contributed by atoms with Crippen molar-refractivity contribution in [1.29, 1.82) is 0 Å². The van der Waals surface area contributed by atoms with Gasteiger partial charge in [0.15, 0.2) is 5.65 Å². The highest BCUT2D eigenvalue weighted by Crippen LogP contribution is 2.46. The largest absolute Gasteiger partial charge is 0.508 e. The molecule has 172 valence electrons. The summed E-state index contributed by atoms with van der Waals surface area (Å²) >= 11 is 5.96. The average Bonchev–Trinajstić information content (AvgIpc) is 3.37. The van der Waals surface area contributed by atoms with Gasteiger partial charge in [0.1, 0.15) is 17.5 Å². The van der Waals surface area contributed by atoms with Crippen LogP contribution in [0.5, 0.6) is 11.5 Å². The normalized spacial score (nSPS) is 18.1. The predicted octanol–water partition coefficient (Wildman–Crippen LogP) is 2.93. The van der Waals surface area contributed by atoms with Crippen LogP contribution in [0.15, 0.2) is 30.7 Å². The maximum atomic E-state index is 13.3. The highest BCUT2D eigenvalue weighted by Gasteiger charge is 2.38. The maximum absolute atomic E-state index is 13.3. The van der Waals surface area contributed by atoms with Gasteiger partial charge in [0.25, 0.3) is 5.91 Å². The van der Waals surface area contributed by atoms with Gasteiger partial charge < -0.3 is 20.0 Å². The van der Waals surface area contributed by atoms with E-state index in [-0.39, 0.29) is 35.4 Å². The molecule has 3 aromatic rings. The van der Waals surface area contributed by atoms with Crippen molar-refractivity contribution in [3.05, 3.63) is 52.4 Å². The Morgan fingerprint density at radius 1 is 1.18 bits per heavy atom. The lowest BCUT2D eigenvalue weighted by Gasteiger charge is -2.28. The number of fused-ring (bicyclic) bond motifs is 1. The Kier molecular flexibility index (Phi) is 5.36. The van der Waals surface area contributed by atoms with E-state index in [0.717, 1.165) is 18.4 Å². The lowest BCUT2D eigenvalue weighted by Crippen LogP contribution is -2.46. The fraction of sp³-hybridized carbons (Fsp3) is 0.391. The van der Waals surface area contributed by atoms with E-state index in [1.165, 1.54) is 17.2 Å². The minimum atomic E-state index is -0.621. The average molecular weight is 470 g/mol. The Labute approximate surface area is 195 Å². The summed E-state index contributed by atoms with van der Waals surface area (Å²) in [6.07, 6.45) is 7.97. The van der Waals surface area contributed by atoms with Gasteiger partial charge in [0.05, 0.1) is 29.5 Å². The van der Waals surface area contributed by atoms with Crippen LogP contribution in [0.1, 0.15) is 53.1 Å². The van der Waals surface area contributed by atoms with E-state index in [4.69, 9.17) is 11.6 Å². The molecule has 2 amide bonds. The zero-order chi connectivity index (χ0) is 23.3. The van der Waals surface area contributed by atoms with Crippen molar-refractivity contribution in [3.63, 3.8) is 0 Å². The number of rotatable bonds is 5. The molecule has 0 radical (unpaired) electrons. The second-order valence-corrected chi connectivity index (χ2v) is 9.20. The number of halogens is 1. The Morgan fingerprint density at radius 2 is 1.97 bits per heavy atom. The first-order valence-electron chi connectivity index (χ1n) is 10.9. The number of nitrogens with zero attached hydrogens (tertiary/aromatic N) is 5. The summed E-state index contributed by atoms with van der Waals surface area (Å²) in [5.74, 6) is -0.637. The van der Waals surface area contributed by atoms with E-state index >= 15 is 0 Å². The molecule has 2 fully saturated rings. The summed E-state index contributed by atoms with van der Waals surface area (Å²) in [6, 6.07) is 2.18. The molecule has 1 aromatic carbocycles. The van der Waals surface area contributed by atoms with Gasteiger partial charge in [-0.2, -0.15) is 5.10 Å². The molecule has 9 nitrogen and oxygen atoms in total. The zero-order valence-corrected chi connectivity index (χ0v) is 18.9. The van der Waals surface area contributed by atoms with Crippen molar-refractivity contribution in [3.8, 4) is 11.5 Å². The summed E-state index contributed by atoms with van der Waals surface area (Å²) in [5.41, 5.74) is 2.18. The van der Waals surface area contributed by atoms with Crippen molar-refractivity contribution in [1.82, 2.24) is 24.4 Å². The molecule has 1 saturated heterocycles. The first-order chi connectivity index (χ1) is 15.8. The van der Waals surface area contributed by atoms with Crippen LogP contribution in [-0.2, 0) is 11.3 Å². The SMILES string of the molecule is CN(Cc1cnn2cc(Cl)cnc12)C(=O)[C@@H]1CCCN1C(=O)c1cc(C2CC2)c(O)cc1O. The molecule has 33 heavy (non-hydrogen) atoms. The molecule has 5 rings (SSSR count). The van der Waals surface area contributed by atoms with Gasteiger partial charge in [0, 0.05) is 31.4 Å². The van der Waals surface area contributed by atoms with Crippen LogP contribution in [0.2, 0.25) is 5.02 Å². The van der Waals surface area contributed by atoms with Crippen molar-refractivity contribution < 1.29 is 19.8 Å². The van der Waals surface area contributed by atoms with Crippen molar-refractivity contribution >= 4 is 29.1 Å². The fourth-order valence-electron chi connectivity index (χ4n) is 4.51. The zero-order valence-electron chi connectivity index (χ0n) is 18.1. The summed E-state index contributed by atoms with van der Waals surface area (Å²) in [4.78, 5) is 34.0. The number of hydrogen-bond donors (Lipinski definition) is 2. The van der Waals surface area contributed by atoms with E-state index in [1.54, 1.807) is 34.9 Å². The number of phenolic OH excluding ortho intramolecular Hbond substituents is 2. The first kappa shape index (κ1) is 21.5. The Balaban J connectivity index is 1.35. The minimum Gasteiger partial charge on any atom is -0.508 e. The smallest absolute Gasteiger partial charge is 0.258 e. The van der Waals surface area contributed by atoms with E-state index in [2.05, 4.69) is 10.1 Å². The molecular weight excluding hydrogens is 446 g/mol. The minimum absolute atomic E-state index is 0.00336. The predicted molar refractivity (Wildman–Crippen MR) is 120 cm³/mol. The molecule has 2 N–H and O–H groups in total. The van der Waals surface area contributed by atoms with Crippen LogP contribution >= 0.6 is 11.6 Å². The summed E-state index contributed by atoms with van der Waals surface area (Å²) < 4.78 is 1.56. The number of aromatic hydroxyl groups is 2. The Bertz CT molecular complexity index is 1260. The summed E-state index contributed by atoms with van der Waals surface area (Å²) in [6.45, 7) is 0.713. The van der Waals surface area contributed by atoms with Gasteiger partial charge in [-0.15, -0.1) is 0 Å². The summed E-state index contributed by atoms with van der Waals surface area (Å²) in [7, 11) is 1.69. The van der Waals surface area contributed by atoms with Gasteiger partial charge in [-0.1, -0.05) is 11.6 Å². The van der Waals surface area contributed by atoms with Gasteiger partial charge >= 0.3 is 0 Å². The molecule has 2 aromatic heterocycles. The van der Waals surface area contributed by atoms with Crippen LogP contribution in [-0.4, -0.2) is 66.1 Å². The number of likely N-dealkylation sites (tertiary alicyclic amines) is 1. The Morgan fingerprint density at radius 3 is 2.73 bits per heavy atom. The van der Waals surface area contributed by atoms with Gasteiger partial charge in [-0.25, -0.2) is 9.50 Å². The van der Waals surface area contributed by atoms with Gasteiger partial charge in [0.2, 0.25) is 5.91 Å². The van der Waals surface area contributed by atoms with Crippen LogP contribution in [0, 0.1) is 0 Å². The number of aromatic nitrogens is 3.